The molecule has 3 N–H and O–H groups in total. The summed E-state index contributed by atoms with van der Waals surface area (Å²) in [5.41, 5.74) is 10.4. The molecule has 0 aromatic heterocycles. The van der Waals surface area contributed by atoms with Crippen LogP contribution in [0.25, 0.3) is 0 Å². The Kier molecular flexibility index (Phi) is 11.3. The Morgan fingerprint density at radius 2 is 0.976 bits per heavy atom. The van der Waals surface area contributed by atoms with E-state index in [0.717, 1.165) is 12.1 Å². The van der Waals surface area contributed by atoms with Crippen molar-refractivity contribution in [3.05, 3.63) is 131 Å². The molecule has 42 heavy (non-hydrogen) atoms. The van der Waals surface area contributed by atoms with Gasteiger partial charge in [-0.15, -0.1) is 0 Å². The molecule has 0 aliphatic rings. The number of hydrogen-bond donors (Lipinski definition) is 2. The zero-order chi connectivity index (χ0) is 31.0. The van der Waals surface area contributed by atoms with E-state index in [2.05, 4.69) is 133 Å². The summed E-state index contributed by atoms with van der Waals surface area (Å²) in [4.78, 5) is 10.3. The van der Waals surface area contributed by atoms with Crippen LogP contribution in [-0.2, 0) is 16.2 Å². The standard InChI is InChI=1S/3C10H13.C7H7NO3.Sn/c3*1-10(2,3)9-7-5-4-6-8-9;8-4-1-2-6(9)5(3-4)7(10)11;/h3*4-8H,1H2,2-3H3;1-3,9H,8H2,(H,10,11);/q;;;;+1/p-1. The van der Waals surface area contributed by atoms with Crippen LogP contribution in [0.15, 0.2) is 109 Å². The number of nitrogens with two attached hydrogens (primary N) is 1. The monoisotopic (exact) mass is 671 g/mol. The largest absolute Gasteiger partial charge is 0.872 e. The number of benzene rings is 4. The van der Waals surface area contributed by atoms with E-state index in [9.17, 15) is 9.90 Å². The first-order valence-corrected chi connectivity index (χ1v) is 20.6. The van der Waals surface area contributed by atoms with E-state index in [0.29, 0.717) is 0 Å². The van der Waals surface area contributed by atoms with Gasteiger partial charge in [0.05, 0.1) is 5.56 Å². The molecule has 4 nitrogen and oxygen atoms in total. The number of rotatable bonds is 10. The van der Waals surface area contributed by atoms with E-state index in [1.54, 1.807) is 0 Å². The average Bonchev–Trinajstić information content (AvgIpc) is 2.95. The first-order valence-electron chi connectivity index (χ1n) is 14.5. The molecule has 4 aromatic carbocycles. The van der Waals surface area contributed by atoms with Crippen LogP contribution in [0.4, 0.5) is 5.69 Å². The molecule has 4 aromatic rings. The van der Waals surface area contributed by atoms with Crippen LogP contribution in [0.3, 0.4) is 0 Å². The van der Waals surface area contributed by atoms with E-state index >= 15 is 0 Å². The molecule has 0 saturated heterocycles. The predicted molar refractivity (Wildman–Crippen MR) is 176 cm³/mol. The third-order valence-corrected chi connectivity index (χ3v) is 19.8. The van der Waals surface area contributed by atoms with Gasteiger partial charge in [-0.25, -0.2) is 4.79 Å². The molecular weight excluding hydrogens is 625 g/mol. The maximum atomic E-state index is 10.8. The molecule has 0 fully saturated rings. The second-order valence-corrected chi connectivity index (χ2v) is 20.4. The Hall–Kier alpha value is -3.25. The fourth-order valence-electron chi connectivity index (χ4n) is 5.75. The SMILES string of the molecule is CC(C)([CH2][Sn+]([CH2]C(C)(C)c1ccccc1)[CH2]C(C)(C)c1ccccc1)c1ccccc1.Nc1ccc([O-])c(C(=O)O)c1. The first-order chi connectivity index (χ1) is 19.7. The van der Waals surface area contributed by atoms with Crippen molar-refractivity contribution in [2.24, 2.45) is 0 Å². The molecule has 0 heterocycles. The molecule has 0 atom stereocenters. The van der Waals surface area contributed by atoms with Gasteiger partial charge in [-0.05, 0) is 12.1 Å². The topological polar surface area (TPSA) is 86.4 Å². The van der Waals surface area contributed by atoms with Crippen molar-refractivity contribution < 1.29 is 15.0 Å². The van der Waals surface area contributed by atoms with E-state index in [-0.39, 0.29) is 27.5 Å². The van der Waals surface area contributed by atoms with Crippen molar-refractivity contribution in [3.63, 3.8) is 0 Å². The Balaban J connectivity index is 0.000000369. The van der Waals surface area contributed by atoms with Crippen LogP contribution in [0, 0.1) is 0 Å². The van der Waals surface area contributed by atoms with Crippen LogP contribution in [0.1, 0.15) is 68.6 Å². The quantitative estimate of drug-likeness (QED) is 0.131. The number of carboxylic acid groups (broad SMARTS) is 1. The van der Waals surface area contributed by atoms with Gasteiger partial charge >= 0.3 is 205 Å². The second-order valence-electron chi connectivity index (χ2n) is 13.1. The fourth-order valence-corrected chi connectivity index (χ4v) is 19.3. The number of aromatic carboxylic acids is 1. The van der Waals surface area contributed by atoms with Crippen LogP contribution in [0.2, 0.25) is 13.3 Å². The smallest absolute Gasteiger partial charge is 0.335 e. The molecule has 4 rings (SSSR count). The van der Waals surface area contributed by atoms with Crippen LogP contribution in [-0.4, -0.2) is 30.8 Å². The molecule has 0 aliphatic carbocycles. The summed E-state index contributed by atoms with van der Waals surface area (Å²) < 4.78 is 4.14. The molecule has 220 valence electrons. The summed E-state index contributed by atoms with van der Waals surface area (Å²) in [5, 5.41) is 19.2. The van der Waals surface area contributed by atoms with E-state index in [1.165, 1.54) is 36.1 Å². The van der Waals surface area contributed by atoms with Crippen molar-refractivity contribution in [1.29, 1.82) is 0 Å². The Morgan fingerprint density at radius 3 is 1.26 bits per heavy atom. The minimum absolute atomic E-state index is 0.232. The Morgan fingerprint density at radius 1 is 0.643 bits per heavy atom. The van der Waals surface area contributed by atoms with E-state index in [1.807, 2.05) is 0 Å². The van der Waals surface area contributed by atoms with Gasteiger partial charge in [0, 0.05) is 5.69 Å². The molecule has 0 amide bonds. The maximum absolute atomic E-state index is 10.8. The van der Waals surface area contributed by atoms with Gasteiger partial charge in [-0.1, -0.05) is 11.8 Å². The molecular formula is C37H45NO3Sn. The van der Waals surface area contributed by atoms with Gasteiger partial charge in [-0.3, -0.25) is 0 Å². The first kappa shape index (κ1) is 33.3. The number of nitrogen functional groups attached to an aromatic ring is 1. The normalized spacial score (nSPS) is 11.8. The van der Waals surface area contributed by atoms with Gasteiger partial charge in [-0.2, -0.15) is 0 Å². The minimum atomic E-state index is -1.84. The summed E-state index contributed by atoms with van der Waals surface area (Å²) in [5.74, 6) is -1.77. The second kappa shape index (κ2) is 14.3. The maximum Gasteiger partial charge on any atom is 0.335 e. The van der Waals surface area contributed by atoms with Crippen LogP contribution in [0.5, 0.6) is 5.75 Å². The number of anilines is 1. The van der Waals surface area contributed by atoms with Gasteiger partial charge in [0.15, 0.2) is 0 Å². The zero-order valence-electron chi connectivity index (χ0n) is 25.9. The third-order valence-electron chi connectivity index (χ3n) is 7.98. The number of carboxylic acids is 1. The molecule has 0 aliphatic heterocycles. The van der Waals surface area contributed by atoms with Crippen molar-refractivity contribution in [2.75, 3.05) is 5.73 Å². The van der Waals surface area contributed by atoms with Crippen molar-refractivity contribution in [1.82, 2.24) is 0 Å². The summed E-state index contributed by atoms with van der Waals surface area (Å²) in [6, 6.07) is 37.2. The van der Waals surface area contributed by atoms with Gasteiger partial charge in [0.1, 0.15) is 0 Å². The minimum Gasteiger partial charge on any atom is -0.872 e. The van der Waals surface area contributed by atoms with Crippen molar-refractivity contribution in [2.45, 2.75) is 71.1 Å². The summed E-state index contributed by atoms with van der Waals surface area (Å²) in [6.45, 7) is 14.8. The summed E-state index contributed by atoms with van der Waals surface area (Å²) >= 11 is -1.84. The fraction of sp³-hybridized carbons (Fsp3) is 0.324. The average molecular weight is 670 g/mol. The van der Waals surface area contributed by atoms with Gasteiger partial charge in [0.2, 0.25) is 0 Å². The summed E-state index contributed by atoms with van der Waals surface area (Å²) in [7, 11) is 0. The molecule has 0 spiro atoms. The van der Waals surface area contributed by atoms with Crippen LogP contribution < -0.4 is 10.8 Å². The van der Waals surface area contributed by atoms with Crippen molar-refractivity contribution in [3.8, 4) is 5.75 Å². The molecule has 5 heteroatoms. The van der Waals surface area contributed by atoms with Gasteiger partial charge in [0.25, 0.3) is 0 Å². The van der Waals surface area contributed by atoms with E-state index < -0.39 is 31.5 Å². The number of hydrogen-bond acceptors (Lipinski definition) is 3. The molecule has 0 saturated carbocycles. The van der Waals surface area contributed by atoms with E-state index in [4.69, 9.17) is 10.8 Å². The molecule has 0 unspecified atom stereocenters. The molecule has 0 radical (unpaired) electrons. The molecule has 0 bridgehead atoms. The Bertz CT molecular complexity index is 1290. The third kappa shape index (κ3) is 9.38. The van der Waals surface area contributed by atoms with Crippen LogP contribution >= 0.6 is 0 Å². The Labute approximate surface area is 259 Å². The predicted octanol–water partition coefficient (Wildman–Crippen LogP) is 8.46. The zero-order valence-corrected chi connectivity index (χ0v) is 28.7. The summed E-state index contributed by atoms with van der Waals surface area (Å²) in [6.07, 6.45) is 0. The number of carbonyl (C=O) groups is 1. The van der Waals surface area contributed by atoms with Crippen molar-refractivity contribution >= 4 is 31.4 Å². The van der Waals surface area contributed by atoms with Gasteiger partial charge < -0.3 is 15.9 Å².